The Morgan fingerprint density at radius 1 is 1.20 bits per heavy atom. The molecule has 0 spiro atoms. The van der Waals surface area contributed by atoms with E-state index in [2.05, 4.69) is 21.2 Å². The molecule has 0 radical (unpaired) electrons. The Hall–Kier alpha value is -0.850. The number of hydrogen-bond acceptors (Lipinski definition) is 2. The SMILES string of the molecule is CCNC(c1cc(F)c(F)c(F)c1)c1sc(C)cc1Br. The summed E-state index contributed by atoms with van der Waals surface area (Å²) in [7, 11) is 0. The summed E-state index contributed by atoms with van der Waals surface area (Å²) in [5.41, 5.74) is 0.366. The molecular formula is C14H13BrF3NS. The van der Waals surface area contributed by atoms with Crippen LogP contribution in [0, 0.1) is 24.4 Å². The van der Waals surface area contributed by atoms with Crippen molar-refractivity contribution in [2.75, 3.05) is 6.54 Å². The van der Waals surface area contributed by atoms with Gasteiger partial charge in [0, 0.05) is 14.2 Å². The van der Waals surface area contributed by atoms with Gasteiger partial charge in [-0.15, -0.1) is 11.3 Å². The van der Waals surface area contributed by atoms with Crippen LogP contribution in [0.2, 0.25) is 0 Å². The molecule has 0 bridgehead atoms. The molecule has 1 heterocycles. The van der Waals surface area contributed by atoms with Crippen LogP contribution in [0.15, 0.2) is 22.7 Å². The van der Waals surface area contributed by atoms with Crippen LogP contribution in [0.25, 0.3) is 0 Å². The van der Waals surface area contributed by atoms with Gasteiger partial charge < -0.3 is 5.32 Å². The molecule has 0 amide bonds. The molecule has 1 nitrogen and oxygen atoms in total. The van der Waals surface area contributed by atoms with Crippen molar-refractivity contribution in [3.63, 3.8) is 0 Å². The molecule has 1 atom stereocenters. The number of aryl methyl sites for hydroxylation is 1. The number of halogens is 4. The molecule has 1 aromatic heterocycles. The van der Waals surface area contributed by atoms with E-state index in [0.717, 1.165) is 26.4 Å². The Labute approximate surface area is 128 Å². The summed E-state index contributed by atoms with van der Waals surface area (Å²) in [6.07, 6.45) is 0. The first-order valence-electron chi connectivity index (χ1n) is 6.07. The summed E-state index contributed by atoms with van der Waals surface area (Å²) < 4.78 is 40.8. The van der Waals surface area contributed by atoms with Crippen LogP contribution in [-0.4, -0.2) is 6.54 Å². The second-order valence-electron chi connectivity index (χ2n) is 4.36. The fourth-order valence-corrected chi connectivity index (χ4v) is 3.99. The van der Waals surface area contributed by atoms with Crippen LogP contribution in [-0.2, 0) is 0 Å². The molecule has 0 saturated carbocycles. The minimum Gasteiger partial charge on any atom is -0.306 e. The largest absolute Gasteiger partial charge is 0.306 e. The zero-order chi connectivity index (χ0) is 14.9. The van der Waals surface area contributed by atoms with Crippen molar-refractivity contribution in [2.45, 2.75) is 19.9 Å². The Morgan fingerprint density at radius 2 is 1.80 bits per heavy atom. The van der Waals surface area contributed by atoms with E-state index in [9.17, 15) is 13.2 Å². The van der Waals surface area contributed by atoms with Crippen LogP contribution in [0.5, 0.6) is 0 Å². The zero-order valence-corrected chi connectivity index (χ0v) is 13.3. The van der Waals surface area contributed by atoms with E-state index in [4.69, 9.17) is 0 Å². The normalized spacial score (nSPS) is 12.7. The highest BCUT2D eigenvalue weighted by Gasteiger charge is 2.21. The van der Waals surface area contributed by atoms with Gasteiger partial charge in [-0.3, -0.25) is 0 Å². The first kappa shape index (κ1) is 15.5. The van der Waals surface area contributed by atoms with Crippen LogP contribution < -0.4 is 5.32 Å². The minimum absolute atomic E-state index is 0.366. The molecule has 0 aliphatic carbocycles. The lowest BCUT2D eigenvalue weighted by molar-refractivity contribution is 0.443. The highest BCUT2D eigenvalue weighted by atomic mass is 79.9. The lowest BCUT2D eigenvalue weighted by Crippen LogP contribution is -2.22. The second kappa shape index (κ2) is 6.28. The van der Waals surface area contributed by atoms with Crippen molar-refractivity contribution in [1.82, 2.24) is 5.32 Å². The number of nitrogens with one attached hydrogen (secondary N) is 1. The molecule has 1 unspecified atom stereocenters. The van der Waals surface area contributed by atoms with Gasteiger partial charge >= 0.3 is 0 Å². The standard InChI is InChI=1S/C14H13BrF3NS/c1-3-19-13(14-9(15)4-7(2)20-14)8-5-10(16)12(18)11(17)6-8/h4-6,13,19H,3H2,1-2H3. The molecule has 0 aliphatic rings. The molecular weight excluding hydrogens is 351 g/mol. The van der Waals surface area contributed by atoms with Crippen molar-refractivity contribution in [2.24, 2.45) is 0 Å². The Morgan fingerprint density at radius 3 is 2.25 bits per heavy atom. The van der Waals surface area contributed by atoms with E-state index < -0.39 is 17.5 Å². The van der Waals surface area contributed by atoms with Crippen LogP contribution in [0.3, 0.4) is 0 Å². The summed E-state index contributed by atoms with van der Waals surface area (Å²) in [5, 5.41) is 3.17. The smallest absolute Gasteiger partial charge is 0.194 e. The van der Waals surface area contributed by atoms with E-state index in [1.165, 1.54) is 11.3 Å². The maximum atomic E-state index is 13.4. The quantitative estimate of drug-likeness (QED) is 0.759. The highest BCUT2D eigenvalue weighted by Crippen LogP contribution is 2.36. The van der Waals surface area contributed by atoms with Crippen molar-refractivity contribution < 1.29 is 13.2 Å². The Kier molecular flexibility index (Phi) is 4.88. The number of hydrogen-bond donors (Lipinski definition) is 1. The first-order chi connectivity index (χ1) is 9.43. The third-order valence-corrected chi connectivity index (χ3v) is 4.88. The monoisotopic (exact) mass is 363 g/mol. The van der Waals surface area contributed by atoms with E-state index in [1.807, 2.05) is 19.9 Å². The fourth-order valence-electron chi connectivity index (χ4n) is 2.01. The summed E-state index contributed by atoms with van der Waals surface area (Å²) in [6, 6.07) is 3.64. The van der Waals surface area contributed by atoms with E-state index in [-0.39, 0.29) is 6.04 Å². The number of benzene rings is 1. The van der Waals surface area contributed by atoms with Gasteiger partial charge in [-0.05, 0) is 53.2 Å². The zero-order valence-electron chi connectivity index (χ0n) is 10.9. The maximum absolute atomic E-state index is 13.4. The van der Waals surface area contributed by atoms with Crippen molar-refractivity contribution in [1.29, 1.82) is 0 Å². The third-order valence-electron chi connectivity index (χ3n) is 2.85. The van der Waals surface area contributed by atoms with Gasteiger partial charge in [0.15, 0.2) is 17.5 Å². The number of thiophene rings is 1. The lowest BCUT2D eigenvalue weighted by atomic mass is 10.0. The lowest BCUT2D eigenvalue weighted by Gasteiger charge is -2.18. The van der Waals surface area contributed by atoms with Gasteiger partial charge in [0.1, 0.15) is 0 Å². The molecule has 2 rings (SSSR count). The maximum Gasteiger partial charge on any atom is 0.194 e. The van der Waals surface area contributed by atoms with Gasteiger partial charge in [0.05, 0.1) is 6.04 Å². The predicted octanol–water partition coefficient (Wildman–Crippen LogP) is 4.94. The van der Waals surface area contributed by atoms with Crippen LogP contribution >= 0.6 is 27.3 Å². The Balaban J connectivity index is 2.51. The molecule has 0 fully saturated rings. The molecule has 0 saturated heterocycles. The van der Waals surface area contributed by atoms with Gasteiger partial charge in [0.25, 0.3) is 0 Å². The molecule has 2 aromatic rings. The first-order valence-corrected chi connectivity index (χ1v) is 7.68. The van der Waals surface area contributed by atoms with Crippen LogP contribution in [0.4, 0.5) is 13.2 Å². The van der Waals surface area contributed by atoms with Gasteiger partial charge in [0.2, 0.25) is 0 Å². The second-order valence-corrected chi connectivity index (χ2v) is 6.50. The van der Waals surface area contributed by atoms with Gasteiger partial charge in [-0.2, -0.15) is 0 Å². The predicted molar refractivity (Wildman–Crippen MR) is 78.6 cm³/mol. The van der Waals surface area contributed by atoms with Crippen molar-refractivity contribution >= 4 is 27.3 Å². The molecule has 108 valence electrons. The summed E-state index contributed by atoms with van der Waals surface area (Å²) in [6.45, 7) is 4.47. The topological polar surface area (TPSA) is 12.0 Å². The van der Waals surface area contributed by atoms with Crippen molar-refractivity contribution in [3.8, 4) is 0 Å². The van der Waals surface area contributed by atoms with Gasteiger partial charge in [-0.1, -0.05) is 6.92 Å². The summed E-state index contributed by atoms with van der Waals surface area (Å²) >= 11 is 4.97. The Bertz CT molecular complexity index is 604. The molecule has 1 N–H and O–H groups in total. The van der Waals surface area contributed by atoms with E-state index in [0.29, 0.717) is 12.1 Å². The third kappa shape index (κ3) is 3.07. The number of rotatable bonds is 4. The summed E-state index contributed by atoms with van der Waals surface area (Å²) in [5.74, 6) is -3.79. The molecule has 20 heavy (non-hydrogen) atoms. The minimum atomic E-state index is -1.44. The van der Waals surface area contributed by atoms with Gasteiger partial charge in [-0.25, -0.2) is 13.2 Å². The molecule has 1 aromatic carbocycles. The molecule has 0 aliphatic heterocycles. The average Bonchev–Trinajstić information content (AvgIpc) is 2.71. The molecule has 6 heteroatoms. The average molecular weight is 364 g/mol. The van der Waals surface area contributed by atoms with E-state index >= 15 is 0 Å². The summed E-state index contributed by atoms with van der Waals surface area (Å²) in [4.78, 5) is 1.99. The van der Waals surface area contributed by atoms with Crippen molar-refractivity contribution in [3.05, 3.63) is 55.4 Å². The van der Waals surface area contributed by atoms with Crippen LogP contribution in [0.1, 0.15) is 28.3 Å². The fraction of sp³-hybridized carbons (Fsp3) is 0.286. The highest BCUT2D eigenvalue weighted by molar-refractivity contribution is 9.10. The van der Waals surface area contributed by atoms with E-state index in [1.54, 1.807) is 0 Å².